The first-order chi connectivity index (χ1) is 16.0. The summed E-state index contributed by atoms with van der Waals surface area (Å²) in [7, 11) is 5.88. The lowest BCUT2D eigenvalue weighted by Gasteiger charge is -2.23. The Hall–Kier alpha value is -3.16. The van der Waals surface area contributed by atoms with Gasteiger partial charge in [-0.05, 0) is 62.3 Å². The Bertz CT molecular complexity index is 1330. The number of hydrogen-bond acceptors (Lipinski definition) is 5. The van der Waals surface area contributed by atoms with Crippen molar-refractivity contribution >= 4 is 21.9 Å². The maximum absolute atomic E-state index is 12.6. The minimum atomic E-state index is -0.114. The molecule has 0 amide bonds. The van der Waals surface area contributed by atoms with Crippen LogP contribution in [0.1, 0.15) is 24.5 Å². The van der Waals surface area contributed by atoms with Gasteiger partial charge in [0, 0.05) is 38.1 Å². The zero-order valence-corrected chi connectivity index (χ0v) is 19.4. The molecule has 0 unspecified atom stereocenters. The maximum atomic E-state index is 12.6. The molecule has 0 radical (unpaired) electrons. The van der Waals surface area contributed by atoms with Gasteiger partial charge in [0.2, 0.25) is 0 Å². The molecule has 1 fully saturated rings. The Labute approximate surface area is 193 Å². The standard InChI is InChI=1S/C26H30N4O3/c1-29(2)12-15-33-20-7-4-17(5-8-20)19-6-9-22-21(16-19)24-25(30(3)26(31)28-24)23(27-22)18-10-13-32-14-11-18/h4-9,16,18H,10-15H2,1-3H3,(H,28,31). The number of aromatic nitrogens is 3. The van der Waals surface area contributed by atoms with Crippen molar-refractivity contribution in [3.05, 3.63) is 58.6 Å². The van der Waals surface area contributed by atoms with E-state index in [2.05, 4.69) is 40.2 Å². The molecule has 2 aromatic heterocycles. The summed E-state index contributed by atoms with van der Waals surface area (Å²) in [6.07, 6.45) is 1.85. The third kappa shape index (κ3) is 4.26. The average Bonchev–Trinajstić information content (AvgIpc) is 3.13. The van der Waals surface area contributed by atoms with Gasteiger partial charge in [-0.2, -0.15) is 0 Å². The molecule has 3 heterocycles. The van der Waals surface area contributed by atoms with Crippen LogP contribution in [-0.2, 0) is 11.8 Å². The molecule has 1 aliphatic rings. The Morgan fingerprint density at radius 3 is 2.58 bits per heavy atom. The van der Waals surface area contributed by atoms with E-state index in [1.54, 1.807) is 4.57 Å². The summed E-state index contributed by atoms with van der Waals surface area (Å²) in [5, 5.41) is 0.960. The highest BCUT2D eigenvalue weighted by Crippen LogP contribution is 2.35. The number of nitrogens with zero attached hydrogens (tertiary/aromatic N) is 3. The monoisotopic (exact) mass is 446 g/mol. The van der Waals surface area contributed by atoms with E-state index in [1.807, 2.05) is 33.3 Å². The van der Waals surface area contributed by atoms with Crippen molar-refractivity contribution < 1.29 is 9.47 Å². The number of nitrogens with one attached hydrogen (secondary N) is 1. The molecule has 2 aromatic carbocycles. The lowest BCUT2D eigenvalue weighted by molar-refractivity contribution is 0.0848. The predicted molar refractivity (Wildman–Crippen MR) is 131 cm³/mol. The molecule has 0 aliphatic carbocycles. The van der Waals surface area contributed by atoms with Crippen molar-refractivity contribution in [3.8, 4) is 16.9 Å². The number of aryl methyl sites for hydroxylation is 1. The van der Waals surface area contributed by atoms with Crippen LogP contribution in [0.2, 0.25) is 0 Å². The quantitative estimate of drug-likeness (QED) is 0.486. The van der Waals surface area contributed by atoms with Crippen LogP contribution in [0.4, 0.5) is 0 Å². The van der Waals surface area contributed by atoms with Gasteiger partial charge in [-0.15, -0.1) is 0 Å². The highest BCUT2D eigenvalue weighted by atomic mass is 16.5. The fourth-order valence-electron chi connectivity index (χ4n) is 4.56. The number of imidazole rings is 1. The number of H-pyrrole nitrogens is 1. The van der Waals surface area contributed by atoms with E-state index in [-0.39, 0.29) is 5.69 Å². The normalized spacial score (nSPS) is 15.0. The van der Waals surface area contributed by atoms with Gasteiger partial charge in [0.15, 0.2) is 0 Å². The van der Waals surface area contributed by atoms with Crippen LogP contribution in [0.15, 0.2) is 47.3 Å². The molecule has 1 N–H and O–H groups in total. The number of benzene rings is 2. The summed E-state index contributed by atoms with van der Waals surface area (Å²) in [6.45, 7) is 3.00. The number of aromatic amines is 1. The van der Waals surface area contributed by atoms with Crippen molar-refractivity contribution in [3.63, 3.8) is 0 Å². The minimum Gasteiger partial charge on any atom is -0.492 e. The molecule has 172 valence electrons. The molecule has 7 nitrogen and oxygen atoms in total. The van der Waals surface area contributed by atoms with E-state index in [4.69, 9.17) is 14.5 Å². The van der Waals surface area contributed by atoms with Gasteiger partial charge in [-0.1, -0.05) is 18.2 Å². The number of likely N-dealkylation sites (N-methyl/N-ethyl adjacent to an activating group) is 1. The largest absolute Gasteiger partial charge is 0.492 e. The van der Waals surface area contributed by atoms with Crippen molar-refractivity contribution in [2.45, 2.75) is 18.8 Å². The molecule has 0 spiro atoms. The highest BCUT2D eigenvalue weighted by Gasteiger charge is 2.24. The van der Waals surface area contributed by atoms with Crippen LogP contribution in [0.25, 0.3) is 33.1 Å². The predicted octanol–water partition coefficient (Wildman–Crippen LogP) is 3.92. The molecule has 0 bridgehead atoms. The first kappa shape index (κ1) is 21.7. The molecule has 33 heavy (non-hydrogen) atoms. The topological polar surface area (TPSA) is 72.4 Å². The van der Waals surface area contributed by atoms with Crippen LogP contribution >= 0.6 is 0 Å². The van der Waals surface area contributed by atoms with E-state index >= 15 is 0 Å². The van der Waals surface area contributed by atoms with Gasteiger partial charge >= 0.3 is 5.69 Å². The van der Waals surface area contributed by atoms with Crippen molar-refractivity contribution in [1.29, 1.82) is 0 Å². The molecule has 0 atom stereocenters. The summed E-state index contributed by atoms with van der Waals surface area (Å²) < 4.78 is 13.1. The number of fused-ring (bicyclic) bond motifs is 3. The fourth-order valence-corrected chi connectivity index (χ4v) is 4.56. The Kier molecular flexibility index (Phi) is 5.91. The highest BCUT2D eigenvalue weighted by molar-refractivity contribution is 6.04. The summed E-state index contributed by atoms with van der Waals surface area (Å²) in [5.74, 6) is 1.16. The van der Waals surface area contributed by atoms with Gasteiger partial charge in [0.05, 0.1) is 22.2 Å². The molecule has 1 aliphatic heterocycles. The second-order valence-corrected chi connectivity index (χ2v) is 9.00. The Morgan fingerprint density at radius 2 is 1.85 bits per heavy atom. The van der Waals surface area contributed by atoms with Crippen LogP contribution in [0, 0.1) is 0 Å². The number of hydrogen-bond donors (Lipinski definition) is 1. The lowest BCUT2D eigenvalue weighted by Crippen LogP contribution is -2.19. The summed E-state index contributed by atoms with van der Waals surface area (Å²) in [4.78, 5) is 22.8. The van der Waals surface area contributed by atoms with Gasteiger partial charge in [-0.3, -0.25) is 9.55 Å². The van der Waals surface area contributed by atoms with Gasteiger partial charge in [0.1, 0.15) is 12.4 Å². The number of ether oxygens (including phenoxy) is 2. The maximum Gasteiger partial charge on any atom is 0.326 e. The zero-order valence-electron chi connectivity index (χ0n) is 19.4. The van der Waals surface area contributed by atoms with E-state index in [0.717, 1.165) is 77.1 Å². The van der Waals surface area contributed by atoms with Crippen molar-refractivity contribution in [2.24, 2.45) is 7.05 Å². The summed E-state index contributed by atoms with van der Waals surface area (Å²) >= 11 is 0. The molecule has 0 saturated carbocycles. The van der Waals surface area contributed by atoms with Gasteiger partial charge < -0.3 is 19.4 Å². The first-order valence-electron chi connectivity index (χ1n) is 11.5. The molecule has 7 heteroatoms. The van der Waals surface area contributed by atoms with Crippen LogP contribution in [-0.4, -0.2) is 59.9 Å². The fraction of sp³-hybridized carbons (Fsp3) is 0.385. The minimum absolute atomic E-state index is 0.114. The van der Waals surface area contributed by atoms with Crippen molar-refractivity contribution in [2.75, 3.05) is 40.5 Å². The van der Waals surface area contributed by atoms with Gasteiger partial charge in [-0.25, -0.2) is 4.79 Å². The van der Waals surface area contributed by atoms with E-state index in [9.17, 15) is 4.79 Å². The Balaban J connectivity index is 1.53. The second kappa shape index (κ2) is 9.00. The third-order valence-electron chi connectivity index (χ3n) is 6.46. The number of pyridine rings is 1. The van der Waals surface area contributed by atoms with Gasteiger partial charge in [0.25, 0.3) is 0 Å². The first-order valence-corrected chi connectivity index (χ1v) is 11.5. The zero-order chi connectivity index (χ0) is 22.9. The summed E-state index contributed by atoms with van der Waals surface area (Å²) in [6, 6.07) is 14.4. The molecular formula is C26H30N4O3. The van der Waals surface area contributed by atoms with E-state index in [1.165, 1.54) is 0 Å². The van der Waals surface area contributed by atoms with E-state index in [0.29, 0.717) is 12.5 Å². The molecular weight excluding hydrogens is 416 g/mol. The smallest absolute Gasteiger partial charge is 0.326 e. The van der Waals surface area contributed by atoms with Crippen LogP contribution in [0.5, 0.6) is 5.75 Å². The van der Waals surface area contributed by atoms with E-state index < -0.39 is 0 Å². The molecule has 1 saturated heterocycles. The SMILES string of the molecule is CN(C)CCOc1ccc(-c2ccc3nc(C4CCOCC4)c4c([nH]c(=O)n4C)c3c2)cc1. The van der Waals surface area contributed by atoms with Crippen LogP contribution in [0.3, 0.4) is 0 Å². The molecule has 4 aromatic rings. The lowest BCUT2D eigenvalue weighted by atomic mass is 9.93. The Morgan fingerprint density at radius 1 is 1.12 bits per heavy atom. The van der Waals surface area contributed by atoms with Crippen molar-refractivity contribution in [1.82, 2.24) is 19.4 Å². The van der Waals surface area contributed by atoms with Crippen LogP contribution < -0.4 is 10.4 Å². The third-order valence-corrected chi connectivity index (χ3v) is 6.46. The molecule has 5 rings (SSSR count). The number of rotatable bonds is 6. The summed E-state index contributed by atoms with van der Waals surface area (Å²) in [5.41, 5.74) is 5.72. The average molecular weight is 447 g/mol. The second-order valence-electron chi connectivity index (χ2n) is 9.00.